The molecule has 3 rings (SSSR count). The second-order valence-electron chi connectivity index (χ2n) is 6.37. The Hall–Kier alpha value is -2.71. The van der Waals surface area contributed by atoms with Crippen LogP contribution in [0.1, 0.15) is 17.0 Å². The molecule has 0 unspecified atom stereocenters. The van der Waals surface area contributed by atoms with E-state index in [1.54, 1.807) is 30.3 Å². The first-order valence-corrected chi connectivity index (χ1v) is 9.77. The van der Waals surface area contributed by atoms with Crippen LogP contribution in [0.3, 0.4) is 0 Å². The van der Waals surface area contributed by atoms with Crippen molar-refractivity contribution in [2.45, 2.75) is 13.8 Å². The van der Waals surface area contributed by atoms with Gasteiger partial charge in [-0.05, 0) is 61.9 Å². The van der Waals surface area contributed by atoms with E-state index < -0.39 is 5.91 Å². The molecule has 0 radical (unpaired) electrons. The maximum Gasteiger partial charge on any atom is 0.266 e. The van der Waals surface area contributed by atoms with Gasteiger partial charge in [0.15, 0.2) is 0 Å². The first kappa shape index (κ1) is 21.0. The topological polar surface area (TPSA) is 57.8 Å². The third-order valence-electron chi connectivity index (χ3n) is 4.40. The second kappa shape index (κ2) is 8.75. The van der Waals surface area contributed by atoms with Crippen LogP contribution in [-0.4, -0.2) is 10.5 Å². The smallest absolute Gasteiger partial charge is 0.266 e. The van der Waals surface area contributed by atoms with Crippen molar-refractivity contribution in [3.63, 3.8) is 0 Å². The number of nitriles is 1. The van der Waals surface area contributed by atoms with Crippen molar-refractivity contribution < 1.29 is 4.79 Å². The Bertz CT molecular complexity index is 1170. The Morgan fingerprint density at radius 3 is 2.52 bits per heavy atom. The Morgan fingerprint density at radius 2 is 1.83 bits per heavy atom. The molecule has 0 spiro atoms. The number of aryl methyl sites for hydroxylation is 1. The van der Waals surface area contributed by atoms with Gasteiger partial charge >= 0.3 is 0 Å². The summed E-state index contributed by atoms with van der Waals surface area (Å²) in [5, 5.41) is 13.3. The zero-order valence-corrected chi connectivity index (χ0v) is 17.9. The molecule has 1 N–H and O–H groups in total. The van der Waals surface area contributed by atoms with Crippen LogP contribution in [0.5, 0.6) is 0 Å². The Morgan fingerprint density at radius 1 is 1.10 bits per heavy atom. The van der Waals surface area contributed by atoms with Gasteiger partial charge in [0.1, 0.15) is 11.6 Å². The number of amides is 1. The van der Waals surface area contributed by atoms with E-state index in [2.05, 4.69) is 5.32 Å². The summed E-state index contributed by atoms with van der Waals surface area (Å²) >= 11 is 18.2. The van der Waals surface area contributed by atoms with Gasteiger partial charge < -0.3 is 9.88 Å². The number of halogens is 3. The molecule has 2 aromatic carbocycles. The van der Waals surface area contributed by atoms with Crippen molar-refractivity contribution in [1.29, 1.82) is 5.26 Å². The summed E-state index contributed by atoms with van der Waals surface area (Å²) < 4.78 is 2.01. The van der Waals surface area contributed by atoms with E-state index in [4.69, 9.17) is 34.8 Å². The third-order valence-corrected chi connectivity index (χ3v) is 5.46. The average Bonchev–Trinajstić information content (AvgIpc) is 2.96. The van der Waals surface area contributed by atoms with Crippen molar-refractivity contribution in [2.24, 2.45) is 0 Å². The Kier molecular flexibility index (Phi) is 6.34. The number of aromatic nitrogens is 1. The monoisotopic (exact) mass is 443 g/mol. The lowest BCUT2D eigenvalue weighted by Gasteiger charge is -2.10. The molecule has 0 aliphatic heterocycles. The van der Waals surface area contributed by atoms with Crippen molar-refractivity contribution in [3.8, 4) is 11.8 Å². The number of anilines is 1. The molecule has 0 aliphatic carbocycles. The number of nitrogens with zero attached hydrogens (tertiary/aromatic N) is 2. The van der Waals surface area contributed by atoms with Gasteiger partial charge in [-0.1, -0.05) is 46.9 Å². The van der Waals surface area contributed by atoms with E-state index in [0.29, 0.717) is 15.7 Å². The van der Waals surface area contributed by atoms with E-state index in [9.17, 15) is 10.1 Å². The van der Waals surface area contributed by atoms with E-state index in [-0.39, 0.29) is 10.6 Å². The van der Waals surface area contributed by atoms with Crippen molar-refractivity contribution in [3.05, 3.63) is 86.1 Å². The summed E-state index contributed by atoms with van der Waals surface area (Å²) in [4.78, 5) is 12.6. The van der Waals surface area contributed by atoms with Gasteiger partial charge in [-0.3, -0.25) is 4.79 Å². The van der Waals surface area contributed by atoms with Crippen molar-refractivity contribution in [1.82, 2.24) is 4.57 Å². The van der Waals surface area contributed by atoms with Crippen molar-refractivity contribution in [2.75, 3.05) is 5.32 Å². The lowest BCUT2D eigenvalue weighted by molar-refractivity contribution is -0.112. The minimum atomic E-state index is -0.566. The molecule has 0 atom stereocenters. The molecule has 146 valence electrons. The fourth-order valence-electron chi connectivity index (χ4n) is 3.04. The fourth-order valence-corrected chi connectivity index (χ4v) is 3.57. The summed E-state index contributed by atoms with van der Waals surface area (Å²) in [6.45, 7) is 3.86. The van der Waals surface area contributed by atoms with Crippen LogP contribution in [0.2, 0.25) is 15.1 Å². The number of carbonyl (C=O) groups is 1. The molecule has 1 aromatic heterocycles. The molecular formula is C22H16Cl3N3O. The van der Waals surface area contributed by atoms with Crippen LogP contribution in [0.4, 0.5) is 5.69 Å². The molecule has 3 aromatic rings. The predicted octanol–water partition coefficient (Wildman–Crippen LogP) is 6.60. The van der Waals surface area contributed by atoms with Crippen LogP contribution >= 0.6 is 34.8 Å². The molecule has 1 heterocycles. The van der Waals surface area contributed by atoms with Crippen LogP contribution in [0, 0.1) is 25.2 Å². The number of carbonyl (C=O) groups excluding carboxylic acids is 1. The lowest BCUT2D eigenvalue weighted by Crippen LogP contribution is -2.13. The molecule has 0 fully saturated rings. The van der Waals surface area contributed by atoms with Gasteiger partial charge in [-0.25, -0.2) is 0 Å². The van der Waals surface area contributed by atoms with Gasteiger partial charge in [-0.2, -0.15) is 5.26 Å². The van der Waals surface area contributed by atoms with Gasteiger partial charge in [-0.15, -0.1) is 0 Å². The number of nitrogens with one attached hydrogen (secondary N) is 1. The predicted molar refractivity (Wildman–Crippen MR) is 119 cm³/mol. The summed E-state index contributed by atoms with van der Waals surface area (Å²) in [5.41, 5.74) is 3.78. The average molecular weight is 445 g/mol. The zero-order valence-electron chi connectivity index (χ0n) is 15.6. The highest BCUT2D eigenvalue weighted by atomic mass is 35.5. The van der Waals surface area contributed by atoms with Gasteiger partial charge in [0.2, 0.25) is 0 Å². The molecule has 0 saturated carbocycles. The SMILES string of the molecule is Cc1cc(/C=C(/C#N)C(=O)Nc2cccc(Cl)c2Cl)c(C)n1-c1cccc(Cl)c1. The summed E-state index contributed by atoms with van der Waals surface area (Å²) in [7, 11) is 0. The first-order valence-electron chi connectivity index (χ1n) is 8.64. The Labute approximate surface area is 183 Å². The van der Waals surface area contributed by atoms with Crippen LogP contribution in [0.25, 0.3) is 11.8 Å². The Balaban J connectivity index is 1.96. The van der Waals surface area contributed by atoms with E-state index in [0.717, 1.165) is 22.6 Å². The van der Waals surface area contributed by atoms with Crippen LogP contribution < -0.4 is 5.32 Å². The quantitative estimate of drug-likeness (QED) is 0.364. The first-order chi connectivity index (χ1) is 13.8. The van der Waals surface area contributed by atoms with Gasteiger partial charge in [0.05, 0.1) is 15.7 Å². The normalized spacial score (nSPS) is 11.2. The maximum atomic E-state index is 12.6. The van der Waals surface area contributed by atoms with Crippen molar-refractivity contribution >= 4 is 52.5 Å². The minimum absolute atomic E-state index is 0.0487. The van der Waals surface area contributed by atoms with E-state index >= 15 is 0 Å². The highest BCUT2D eigenvalue weighted by Gasteiger charge is 2.15. The maximum absolute atomic E-state index is 12.6. The number of rotatable bonds is 4. The second-order valence-corrected chi connectivity index (χ2v) is 7.59. The molecule has 0 saturated heterocycles. The number of benzene rings is 2. The third kappa shape index (κ3) is 4.49. The van der Waals surface area contributed by atoms with Crippen LogP contribution in [-0.2, 0) is 4.79 Å². The summed E-state index contributed by atoms with van der Waals surface area (Å²) in [6, 6.07) is 16.2. The van der Waals surface area contributed by atoms with Gasteiger partial charge in [0.25, 0.3) is 5.91 Å². The number of hydrogen-bond donors (Lipinski definition) is 1. The zero-order chi connectivity index (χ0) is 21.1. The van der Waals surface area contributed by atoms with Gasteiger partial charge in [0, 0.05) is 22.1 Å². The standard InChI is InChI=1S/C22H16Cl3N3O/c1-13-9-15(14(2)28(13)18-6-3-5-17(23)11-18)10-16(12-26)22(29)27-20-8-4-7-19(24)21(20)25/h3-11H,1-2H3,(H,27,29)/b16-10-. The molecule has 4 nitrogen and oxygen atoms in total. The highest BCUT2D eigenvalue weighted by Crippen LogP contribution is 2.30. The lowest BCUT2D eigenvalue weighted by atomic mass is 10.1. The minimum Gasteiger partial charge on any atom is -0.320 e. The van der Waals surface area contributed by atoms with E-state index in [1.807, 2.05) is 48.7 Å². The molecule has 0 aliphatic rings. The molecule has 1 amide bonds. The molecule has 0 bridgehead atoms. The van der Waals surface area contributed by atoms with E-state index in [1.165, 1.54) is 0 Å². The molecule has 29 heavy (non-hydrogen) atoms. The summed E-state index contributed by atoms with van der Waals surface area (Å²) in [5.74, 6) is -0.566. The van der Waals surface area contributed by atoms with Crippen LogP contribution in [0.15, 0.2) is 54.1 Å². The fraction of sp³-hybridized carbons (Fsp3) is 0.0909. The largest absolute Gasteiger partial charge is 0.320 e. The molecule has 7 heteroatoms. The number of hydrogen-bond acceptors (Lipinski definition) is 2. The summed E-state index contributed by atoms with van der Waals surface area (Å²) in [6.07, 6.45) is 1.55. The molecular weight excluding hydrogens is 429 g/mol. The highest BCUT2D eigenvalue weighted by molar-refractivity contribution is 6.44.